The highest BCUT2D eigenvalue weighted by molar-refractivity contribution is 7.92. The minimum atomic E-state index is -3.81. The van der Waals surface area contributed by atoms with Crippen molar-refractivity contribution in [2.45, 2.75) is 23.8 Å². The summed E-state index contributed by atoms with van der Waals surface area (Å²) in [6.45, 7) is 1.02. The molecule has 0 unspecified atom stereocenters. The molecule has 2 N–H and O–H groups in total. The van der Waals surface area contributed by atoms with Crippen LogP contribution in [-0.4, -0.2) is 47.3 Å². The molecular formula is C20H23ClN2O6S. The maximum absolute atomic E-state index is 12.6. The van der Waals surface area contributed by atoms with E-state index >= 15 is 0 Å². The highest BCUT2D eigenvalue weighted by atomic mass is 35.5. The predicted octanol–water partition coefficient (Wildman–Crippen LogP) is 2.82. The number of nitrogens with one attached hydrogen (secondary N) is 2. The molecule has 0 spiro atoms. The number of hydrogen-bond acceptors (Lipinski definition) is 6. The topological polar surface area (TPSA) is 103 Å². The van der Waals surface area contributed by atoms with Crippen LogP contribution in [0.5, 0.6) is 11.5 Å². The number of benzene rings is 2. The van der Waals surface area contributed by atoms with Crippen molar-refractivity contribution >= 4 is 33.2 Å². The minimum absolute atomic E-state index is 0.0459. The fraction of sp³-hybridized carbons (Fsp3) is 0.350. The number of rotatable bonds is 9. The third kappa shape index (κ3) is 6.01. The first-order valence-corrected chi connectivity index (χ1v) is 11.2. The number of sulfonamides is 1. The first-order valence-electron chi connectivity index (χ1n) is 9.35. The molecule has 162 valence electrons. The molecule has 10 heteroatoms. The van der Waals surface area contributed by atoms with Crippen LogP contribution in [0.1, 0.15) is 12.8 Å². The number of ether oxygens (including phenoxy) is 3. The van der Waals surface area contributed by atoms with Crippen molar-refractivity contribution in [3.05, 3.63) is 47.5 Å². The molecule has 0 aliphatic carbocycles. The lowest BCUT2D eigenvalue weighted by molar-refractivity contribution is -0.123. The van der Waals surface area contributed by atoms with Gasteiger partial charge in [0.1, 0.15) is 11.5 Å². The van der Waals surface area contributed by atoms with Crippen LogP contribution in [0.25, 0.3) is 0 Å². The molecular weight excluding hydrogens is 432 g/mol. The molecule has 1 aliphatic heterocycles. The van der Waals surface area contributed by atoms with Crippen molar-refractivity contribution in [2.24, 2.45) is 0 Å². The molecule has 1 aliphatic rings. The van der Waals surface area contributed by atoms with Crippen LogP contribution in [0.3, 0.4) is 0 Å². The van der Waals surface area contributed by atoms with Crippen molar-refractivity contribution in [1.29, 1.82) is 0 Å². The summed E-state index contributed by atoms with van der Waals surface area (Å²) in [4.78, 5) is 11.9. The molecule has 1 saturated heterocycles. The minimum Gasteiger partial charge on any atom is -0.495 e. The SMILES string of the molecule is COc1ccc(NS(=O)(=O)c2ccc(OCC(=O)NC[C@@H]3CCCO3)cc2)cc1Cl. The number of methoxy groups -OCH3 is 1. The van der Waals surface area contributed by atoms with Gasteiger partial charge in [-0.3, -0.25) is 9.52 Å². The summed E-state index contributed by atoms with van der Waals surface area (Å²) >= 11 is 6.03. The Kier molecular flexibility index (Phi) is 7.41. The molecule has 30 heavy (non-hydrogen) atoms. The second-order valence-corrected chi connectivity index (χ2v) is 8.74. The molecule has 0 aromatic heterocycles. The summed E-state index contributed by atoms with van der Waals surface area (Å²) in [5.74, 6) is 0.565. The number of carbonyl (C=O) groups excluding carboxylic acids is 1. The van der Waals surface area contributed by atoms with Crippen molar-refractivity contribution < 1.29 is 27.4 Å². The van der Waals surface area contributed by atoms with E-state index in [2.05, 4.69) is 10.0 Å². The number of anilines is 1. The smallest absolute Gasteiger partial charge is 0.261 e. The first-order chi connectivity index (χ1) is 14.4. The molecule has 0 radical (unpaired) electrons. The van der Waals surface area contributed by atoms with Gasteiger partial charge < -0.3 is 19.5 Å². The predicted molar refractivity (Wildman–Crippen MR) is 113 cm³/mol. The van der Waals surface area contributed by atoms with Crippen LogP contribution in [0.2, 0.25) is 5.02 Å². The molecule has 8 nitrogen and oxygen atoms in total. The van der Waals surface area contributed by atoms with E-state index in [1.807, 2.05) is 0 Å². The van der Waals surface area contributed by atoms with Crippen LogP contribution in [0.15, 0.2) is 47.4 Å². The molecule has 1 amide bonds. The number of hydrogen-bond donors (Lipinski definition) is 2. The third-order valence-corrected chi connectivity index (χ3v) is 6.15. The molecule has 3 rings (SSSR count). The maximum atomic E-state index is 12.6. The lowest BCUT2D eigenvalue weighted by Gasteiger charge is -2.12. The Morgan fingerprint density at radius 3 is 2.63 bits per heavy atom. The highest BCUT2D eigenvalue weighted by Gasteiger charge is 2.17. The van der Waals surface area contributed by atoms with Gasteiger partial charge >= 0.3 is 0 Å². The van der Waals surface area contributed by atoms with E-state index in [1.165, 1.54) is 37.4 Å². The van der Waals surface area contributed by atoms with E-state index in [1.54, 1.807) is 12.1 Å². The average Bonchev–Trinajstić information content (AvgIpc) is 3.24. The molecule has 2 aromatic rings. The maximum Gasteiger partial charge on any atom is 0.261 e. The Morgan fingerprint density at radius 2 is 2.00 bits per heavy atom. The van der Waals surface area contributed by atoms with Gasteiger partial charge in [-0.1, -0.05) is 11.6 Å². The summed E-state index contributed by atoms with van der Waals surface area (Å²) in [6, 6.07) is 10.4. The summed E-state index contributed by atoms with van der Waals surface area (Å²) in [5, 5.41) is 3.05. The van der Waals surface area contributed by atoms with Gasteiger partial charge in [-0.15, -0.1) is 0 Å². The third-order valence-electron chi connectivity index (χ3n) is 4.46. The van der Waals surface area contributed by atoms with Crippen molar-refractivity contribution in [3.63, 3.8) is 0 Å². The van der Waals surface area contributed by atoms with Gasteiger partial charge in [0.25, 0.3) is 15.9 Å². The Balaban J connectivity index is 1.53. The zero-order chi connectivity index (χ0) is 21.6. The molecule has 2 aromatic carbocycles. The van der Waals surface area contributed by atoms with Gasteiger partial charge in [0.15, 0.2) is 6.61 Å². The van der Waals surface area contributed by atoms with E-state index in [-0.39, 0.29) is 23.5 Å². The fourth-order valence-corrected chi connectivity index (χ4v) is 4.20. The highest BCUT2D eigenvalue weighted by Crippen LogP contribution is 2.28. The molecule has 1 heterocycles. The Morgan fingerprint density at radius 1 is 1.23 bits per heavy atom. The number of halogens is 1. The summed E-state index contributed by atoms with van der Waals surface area (Å²) in [5.41, 5.74) is 0.309. The molecule has 1 fully saturated rings. The van der Waals surface area contributed by atoms with Gasteiger partial charge in [0, 0.05) is 13.2 Å². The zero-order valence-electron chi connectivity index (χ0n) is 16.4. The van der Waals surface area contributed by atoms with Crippen molar-refractivity contribution in [3.8, 4) is 11.5 Å². The Hall–Kier alpha value is -2.49. The molecule has 1 atom stereocenters. The lowest BCUT2D eigenvalue weighted by Crippen LogP contribution is -2.35. The Labute approximate surface area is 180 Å². The quantitative estimate of drug-likeness (QED) is 0.604. The van der Waals surface area contributed by atoms with E-state index < -0.39 is 10.0 Å². The monoisotopic (exact) mass is 454 g/mol. The van der Waals surface area contributed by atoms with E-state index in [0.717, 1.165) is 19.4 Å². The summed E-state index contributed by atoms with van der Waals surface area (Å²) < 4.78 is 43.5. The van der Waals surface area contributed by atoms with Crippen LogP contribution < -0.4 is 19.5 Å². The Bertz CT molecular complexity index is 975. The van der Waals surface area contributed by atoms with Crippen LogP contribution in [0.4, 0.5) is 5.69 Å². The van der Waals surface area contributed by atoms with E-state index in [4.69, 9.17) is 25.8 Å². The van der Waals surface area contributed by atoms with Gasteiger partial charge in [-0.25, -0.2) is 8.42 Å². The van der Waals surface area contributed by atoms with Crippen molar-refractivity contribution in [2.75, 3.05) is 31.6 Å². The van der Waals surface area contributed by atoms with Gasteiger partial charge in [0.05, 0.1) is 28.8 Å². The van der Waals surface area contributed by atoms with E-state index in [0.29, 0.717) is 28.8 Å². The van der Waals surface area contributed by atoms with Gasteiger partial charge in [0.2, 0.25) is 0 Å². The summed E-state index contributed by atoms with van der Waals surface area (Å²) in [6.07, 6.45) is 2.01. The number of amides is 1. The fourth-order valence-electron chi connectivity index (χ4n) is 2.89. The van der Waals surface area contributed by atoms with Gasteiger partial charge in [-0.2, -0.15) is 0 Å². The normalized spacial score (nSPS) is 16.1. The van der Waals surface area contributed by atoms with Crippen LogP contribution >= 0.6 is 11.6 Å². The zero-order valence-corrected chi connectivity index (χ0v) is 18.0. The van der Waals surface area contributed by atoms with Crippen molar-refractivity contribution in [1.82, 2.24) is 5.32 Å². The largest absolute Gasteiger partial charge is 0.495 e. The van der Waals surface area contributed by atoms with Crippen LogP contribution in [-0.2, 0) is 19.6 Å². The average molecular weight is 455 g/mol. The van der Waals surface area contributed by atoms with Crippen LogP contribution in [0, 0.1) is 0 Å². The second-order valence-electron chi connectivity index (χ2n) is 6.65. The number of carbonyl (C=O) groups is 1. The molecule has 0 saturated carbocycles. The first kappa shape index (κ1) is 22.2. The van der Waals surface area contributed by atoms with Gasteiger partial charge in [-0.05, 0) is 55.3 Å². The summed E-state index contributed by atoms with van der Waals surface area (Å²) in [7, 11) is -2.34. The molecule has 0 bridgehead atoms. The van der Waals surface area contributed by atoms with E-state index in [9.17, 15) is 13.2 Å². The lowest BCUT2D eigenvalue weighted by atomic mass is 10.2. The second kappa shape index (κ2) is 10.0. The standard InChI is InChI=1S/C20H23ClN2O6S/c1-27-19-9-4-14(11-18(19)21)23-30(25,26)17-7-5-15(6-8-17)29-13-20(24)22-12-16-3-2-10-28-16/h4-9,11,16,23H,2-3,10,12-13H2,1H3,(H,22,24)/t16-/m0/s1.